The van der Waals surface area contributed by atoms with Crippen molar-refractivity contribution in [1.29, 1.82) is 0 Å². The molecule has 1 atom stereocenters. The van der Waals surface area contributed by atoms with Crippen LogP contribution in [0.4, 0.5) is 0 Å². The molecule has 3 nitrogen and oxygen atoms in total. The number of nitrogens with zero attached hydrogens (tertiary/aromatic N) is 1. The molecule has 0 radical (unpaired) electrons. The molecule has 2 rings (SSSR count). The third kappa shape index (κ3) is 3.74. The molecule has 1 unspecified atom stereocenters. The fourth-order valence-electron chi connectivity index (χ4n) is 3.03. The second kappa shape index (κ2) is 7.09. The second-order valence-corrected chi connectivity index (χ2v) is 5.93. The van der Waals surface area contributed by atoms with Gasteiger partial charge in [-0.25, -0.2) is 0 Å². The van der Waals surface area contributed by atoms with E-state index in [0.717, 1.165) is 18.7 Å². The molecule has 112 valence electrons. The zero-order valence-electron chi connectivity index (χ0n) is 12.9. The van der Waals surface area contributed by atoms with Gasteiger partial charge < -0.3 is 15.4 Å². The highest BCUT2D eigenvalue weighted by Gasteiger charge is 2.28. The predicted molar refractivity (Wildman–Crippen MR) is 84.1 cm³/mol. The molecule has 0 amide bonds. The summed E-state index contributed by atoms with van der Waals surface area (Å²) in [5.74, 6) is 0.890. The normalized spacial score (nSPS) is 20.1. The molecule has 1 fully saturated rings. The van der Waals surface area contributed by atoms with Gasteiger partial charge in [-0.2, -0.15) is 0 Å². The van der Waals surface area contributed by atoms with Crippen molar-refractivity contribution in [2.24, 2.45) is 5.73 Å². The molecule has 1 aromatic rings. The van der Waals surface area contributed by atoms with Crippen LogP contribution < -0.4 is 10.5 Å². The Morgan fingerprint density at radius 2 is 1.90 bits per heavy atom. The van der Waals surface area contributed by atoms with E-state index >= 15 is 0 Å². The molecule has 1 saturated heterocycles. The summed E-state index contributed by atoms with van der Waals surface area (Å²) in [5, 5.41) is 0. The molecular formula is C17H28N2O. The standard InChI is InChI=1S/C17H28N2O/c1-3-17(18,14-19-11-6-4-5-7-12-19)15-9-8-10-16(13-15)20-2/h8-10,13H,3-7,11-12,14,18H2,1-2H3. The largest absolute Gasteiger partial charge is 0.497 e. The van der Waals surface area contributed by atoms with Gasteiger partial charge in [0, 0.05) is 6.54 Å². The number of methoxy groups -OCH3 is 1. The van der Waals surface area contributed by atoms with Crippen molar-refractivity contribution in [1.82, 2.24) is 4.90 Å². The molecule has 0 aromatic heterocycles. The lowest BCUT2D eigenvalue weighted by Gasteiger charge is -2.35. The van der Waals surface area contributed by atoms with Gasteiger partial charge in [0.05, 0.1) is 12.6 Å². The molecule has 1 aliphatic rings. The Balaban J connectivity index is 2.14. The van der Waals surface area contributed by atoms with Gasteiger partial charge in [-0.05, 0) is 50.0 Å². The lowest BCUT2D eigenvalue weighted by molar-refractivity contribution is 0.209. The Morgan fingerprint density at radius 3 is 2.50 bits per heavy atom. The average Bonchev–Trinajstić information content (AvgIpc) is 2.75. The van der Waals surface area contributed by atoms with Crippen LogP contribution in [0.1, 0.15) is 44.6 Å². The molecule has 0 aliphatic carbocycles. The van der Waals surface area contributed by atoms with Crippen LogP contribution in [0.3, 0.4) is 0 Å². The van der Waals surface area contributed by atoms with E-state index in [2.05, 4.69) is 24.0 Å². The van der Waals surface area contributed by atoms with E-state index in [9.17, 15) is 0 Å². The van der Waals surface area contributed by atoms with Crippen molar-refractivity contribution in [2.45, 2.75) is 44.6 Å². The molecular weight excluding hydrogens is 248 g/mol. The minimum Gasteiger partial charge on any atom is -0.497 e. The fourth-order valence-corrected chi connectivity index (χ4v) is 3.03. The Morgan fingerprint density at radius 1 is 1.20 bits per heavy atom. The van der Waals surface area contributed by atoms with Crippen LogP contribution in [0.15, 0.2) is 24.3 Å². The van der Waals surface area contributed by atoms with Gasteiger partial charge in [-0.3, -0.25) is 0 Å². The summed E-state index contributed by atoms with van der Waals surface area (Å²) >= 11 is 0. The number of nitrogens with two attached hydrogens (primary N) is 1. The monoisotopic (exact) mass is 276 g/mol. The van der Waals surface area contributed by atoms with E-state index in [0.29, 0.717) is 0 Å². The highest BCUT2D eigenvalue weighted by Crippen LogP contribution is 2.27. The van der Waals surface area contributed by atoms with Gasteiger partial charge in [-0.1, -0.05) is 31.9 Å². The van der Waals surface area contributed by atoms with Gasteiger partial charge in [0.25, 0.3) is 0 Å². The van der Waals surface area contributed by atoms with Crippen LogP contribution in [0.25, 0.3) is 0 Å². The fraction of sp³-hybridized carbons (Fsp3) is 0.647. The molecule has 2 N–H and O–H groups in total. The first-order valence-corrected chi connectivity index (χ1v) is 7.84. The first-order chi connectivity index (χ1) is 9.68. The first kappa shape index (κ1) is 15.3. The lowest BCUT2D eigenvalue weighted by atomic mass is 9.87. The molecule has 20 heavy (non-hydrogen) atoms. The molecule has 1 heterocycles. The van der Waals surface area contributed by atoms with Crippen molar-refractivity contribution >= 4 is 0 Å². The van der Waals surface area contributed by atoms with E-state index in [1.807, 2.05) is 12.1 Å². The van der Waals surface area contributed by atoms with Crippen LogP contribution in [0.5, 0.6) is 5.75 Å². The number of likely N-dealkylation sites (tertiary alicyclic amines) is 1. The molecule has 1 aliphatic heterocycles. The SMILES string of the molecule is CCC(N)(CN1CCCCCC1)c1cccc(OC)c1. The van der Waals surface area contributed by atoms with Gasteiger partial charge in [-0.15, -0.1) is 0 Å². The molecule has 3 heteroatoms. The van der Waals surface area contributed by atoms with E-state index in [1.54, 1.807) is 7.11 Å². The van der Waals surface area contributed by atoms with Gasteiger partial charge in [0.2, 0.25) is 0 Å². The highest BCUT2D eigenvalue weighted by molar-refractivity contribution is 5.33. The quantitative estimate of drug-likeness (QED) is 0.898. The molecule has 0 saturated carbocycles. The zero-order valence-corrected chi connectivity index (χ0v) is 12.9. The van der Waals surface area contributed by atoms with Crippen molar-refractivity contribution in [3.8, 4) is 5.75 Å². The van der Waals surface area contributed by atoms with Crippen molar-refractivity contribution in [3.63, 3.8) is 0 Å². The molecule has 1 aromatic carbocycles. The smallest absolute Gasteiger partial charge is 0.119 e. The minimum absolute atomic E-state index is 0.279. The summed E-state index contributed by atoms with van der Waals surface area (Å²) < 4.78 is 5.34. The third-order valence-corrected chi connectivity index (χ3v) is 4.48. The molecule has 0 spiro atoms. The maximum absolute atomic E-state index is 6.73. The van der Waals surface area contributed by atoms with E-state index in [1.165, 1.54) is 44.3 Å². The topological polar surface area (TPSA) is 38.5 Å². The van der Waals surface area contributed by atoms with Crippen LogP contribution in [0.2, 0.25) is 0 Å². The van der Waals surface area contributed by atoms with E-state index in [-0.39, 0.29) is 5.54 Å². The Kier molecular flexibility index (Phi) is 5.44. The summed E-state index contributed by atoms with van der Waals surface area (Å²) in [6.07, 6.45) is 6.27. The summed E-state index contributed by atoms with van der Waals surface area (Å²) in [6.45, 7) is 5.49. The summed E-state index contributed by atoms with van der Waals surface area (Å²) in [5.41, 5.74) is 7.63. The number of benzene rings is 1. The zero-order chi connectivity index (χ0) is 14.4. The van der Waals surface area contributed by atoms with Crippen LogP contribution >= 0.6 is 0 Å². The third-order valence-electron chi connectivity index (χ3n) is 4.48. The van der Waals surface area contributed by atoms with Crippen molar-refractivity contribution in [3.05, 3.63) is 29.8 Å². The summed E-state index contributed by atoms with van der Waals surface area (Å²) in [6, 6.07) is 8.23. The van der Waals surface area contributed by atoms with Gasteiger partial charge in [0.15, 0.2) is 0 Å². The van der Waals surface area contributed by atoms with Crippen molar-refractivity contribution < 1.29 is 4.74 Å². The lowest BCUT2D eigenvalue weighted by Crippen LogP contribution is -2.47. The minimum atomic E-state index is -0.279. The number of hydrogen-bond acceptors (Lipinski definition) is 3. The first-order valence-electron chi connectivity index (χ1n) is 7.84. The van der Waals surface area contributed by atoms with Gasteiger partial charge >= 0.3 is 0 Å². The number of hydrogen-bond donors (Lipinski definition) is 1. The summed E-state index contributed by atoms with van der Waals surface area (Å²) in [4.78, 5) is 2.54. The van der Waals surface area contributed by atoms with Crippen LogP contribution in [-0.2, 0) is 5.54 Å². The summed E-state index contributed by atoms with van der Waals surface area (Å²) in [7, 11) is 1.71. The Hall–Kier alpha value is -1.06. The number of ether oxygens (including phenoxy) is 1. The van der Waals surface area contributed by atoms with E-state index < -0.39 is 0 Å². The maximum Gasteiger partial charge on any atom is 0.119 e. The van der Waals surface area contributed by atoms with Crippen molar-refractivity contribution in [2.75, 3.05) is 26.7 Å². The maximum atomic E-state index is 6.73. The van der Waals surface area contributed by atoms with Crippen LogP contribution in [0, 0.1) is 0 Å². The highest BCUT2D eigenvalue weighted by atomic mass is 16.5. The second-order valence-electron chi connectivity index (χ2n) is 5.93. The Bertz CT molecular complexity index is 413. The van der Waals surface area contributed by atoms with E-state index in [4.69, 9.17) is 10.5 Å². The van der Waals surface area contributed by atoms with Crippen LogP contribution in [-0.4, -0.2) is 31.6 Å². The predicted octanol–water partition coefficient (Wildman–Crippen LogP) is 3.14. The van der Waals surface area contributed by atoms with Gasteiger partial charge in [0.1, 0.15) is 5.75 Å². The number of rotatable bonds is 5. The molecule has 0 bridgehead atoms. The Labute approximate surface area is 123 Å². The average molecular weight is 276 g/mol.